The van der Waals surface area contributed by atoms with Crippen LogP contribution in [0.2, 0.25) is 0 Å². The molecule has 0 unspecified atom stereocenters. The van der Waals surface area contributed by atoms with E-state index in [0.29, 0.717) is 24.1 Å². The van der Waals surface area contributed by atoms with E-state index >= 15 is 0 Å². The number of nitrogens with zero attached hydrogens (tertiary/aromatic N) is 5. The molecule has 0 radical (unpaired) electrons. The Hall–Kier alpha value is -3.62. The summed E-state index contributed by atoms with van der Waals surface area (Å²) in [7, 11) is 0. The molecule has 0 saturated carbocycles. The summed E-state index contributed by atoms with van der Waals surface area (Å²) < 4.78 is 1.46. The maximum atomic E-state index is 13.0. The minimum atomic E-state index is 0.0931. The molecule has 1 aromatic heterocycles. The Labute approximate surface area is 215 Å². The van der Waals surface area contributed by atoms with Gasteiger partial charge in [0.25, 0.3) is 0 Å². The molecule has 1 fully saturated rings. The number of hydrogen-bond acceptors (Lipinski definition) is 6. The highest BCUT2D eigenvalue weighted by Crippen LogP contribution is 2.30. The lowest BCUT2D eigenvalue weighted by Crippen LogP contribution is -2.50. The van der Waals surface area contributed by atoms with Gasteiger partial charge < -0.3 is 10.7 Å². The van der Waals surface area contributed by atoms with Crippen molar-refractivity contribution in [2.45, 2.75) is 18.1 Å². The summed E-state index contributed by atoms with van der Waals surface area (Å²) in [4.78, 5) is 17.4. The first kappa shape index (κ1) is 24.1. The first-order chi connectivity index (χ1) is 17.6. The minimum Gasteiger partial charge on any atom is -0.339 e. The van der Waals surface area contributed by atoms with Gasteiger partial charge in [-0.1, -0.05) is 102 Å². The summed E-state index contributed by atoms with van der Waals surface area (Å²) in [6, 6.07) is 29.3. The Morgan fingerprint density at radius 3 is 2.03 bits per heavy atom. The van der Waals surface area contributed by atoms with Crippen LogP contribution in [-0.2, 0) is 4.79 Å². The van der Waals surface area contributed by atoms with Gasteiger partial charge in [0.05, 0.1) is 11.8 Å². The molecule has 36 heavy (non-hydrogen) atoms. The molecule has 0 bridgehead atoms. The molecule has 7 nitrogen and oxygen atoms in total. The van der Waals surface area contributed by atoms with Crippen molar-refractivity contribution >= 4 is 17.7 Å². The maximum Gasteiger partial charge on any atom is 0.233 e. The largest absolute Gasteiger partial charge is 0.339 e. The summed E-state index contributed by atoms with van der Waals surface area (Å²) in [5.74, 6) is 7.20. The molecule has 5 rings (SSSR count). The van der Waals surface area contributed by atoms with Crippen molar-refractivity contribution in [3.63, 3.8) is 0 Å². The van der Waals surface area contributed by atoms with Crippen LogP contribution >= 0.6 is 11.8 Å². The van der Waals surface area contributed by atoms with E-state index in [1.807, 2.05) is 48.2 Å². The Balaban J connectivity index is 1.20. The van der Waals surface area contributed by atoms with Gasteiger partial charge in [-0.2, -0.15) is 0 Å². The van der Waals surface area contributed by atoms with Gasteiger partial charge in [-0.15, -0.1) is 10.2 Å². The van der Waals surface area contributed by atoms with Gasteiger partial charge in [0.2, 0.25) is 11.1 Å². The molecule has 1 aliphatic heterocycles. The molecule has 3 aromatic carbocycles. The lowest BCUT2D eigenvalue weighted by atomic mass is 9.96. The molecule has 2 heterocycles. The van der Waals surface area contributed by atoms with E-state index < -0.39 is 0 Å². The lowest BCUT2D eigenvalue weighted by Gasteiger charge is -2.39. The molecular weight excluding hydrogens is 468 g/mol. The first-order valence-electron chi connectivity index (χ1n) is 12.1. The highest BCUT2D eigenvalue weighted by atomic mass is 32.2. The summed E-state index contributed by atoms with van der Waals surface area (Å²) in [6.45, 7) is 5.05. The molecule has 0 spiro atoms. The van der Waals surface area contributed by atoms with Gasteiger partial charge in [0.15, 0.2) is 5.82 Å². The van der Waals surface area contributed by atoms with Crippen LogP contribution in [0.15, 0.2) is 90.1 Å². The topological polar surface area (TPSA) is 80.3 Å². The van der Waals surface area contributed by atoms with Crippen molar-refractivity contribution in [2.24, 2.45) is 0 Å². The van der Waals surface area contributed by atoms with Crippen molar-refractivity contribution in [3.8, 4) is 11.4 Å². The zero-order chi connectivity index (χ0) is 24.9. The predicted molar refractivity (Wildman–Crippen MR) is 144 cm³/mol. The quantitative estimate of drug-likeness (QED) is 0.307. The normalized spacial score (nSPS) is 14.3. The third-order valence-corrected chi connectivity index (χ3v) is 7.49. The van der Waals surface area contributed by atoms with Gasteiger partial charge in [-0.3, -0.25) is 9.69 Å². The Morgan fingerprint density at radius 1 is 0.861 bits per heavy atom. The van der Waals surface area contributed by atoms with Crippen molar-refractivity contribution in [1.82, 2.24) is 24.7 Å². The molecule has 4 aromatic rings. The number of hydrogen-bond donors (Lipinski definition) is 1. The van der Waals surface area contributed by atoms with Crippen LogP contribution in [0, 0.1) is 6.92 Å². The Morgan fingerprint density at radius 2 is 1.44 bits per heavy atom. The fourth-order valence-electron chi connectivity index (χ4n) is 4.61. The number of aryl methyl sites for hydroxylation is 1. The summed E-state index contributed by atoms with van der Waals surface area (Å²) >= 11 is 1.33. The highest BCUT2D eigenvalue weighted by Gasteiger charge is 2.28. The highest BCUT2D eigenvalue weighted by molar-refractivity contribution is 7.99. The van der Waals surface area contributed by atoms with Gasteiger partial charge in [0, 0.05) is 31.7 Å². The third-order valence-electron chi connectivity index (χ3n) is 6.56. The van der Waals surface area contributed by atoms with E-state index in [0.717, 1.165) is 18.7 Å². The van der Waals surface area contributed by atoms with Gasteiger partial charge in [-0.05, 0) is 18.1 Å². The Kier molecular flexibility index (Phi) is 7.34. The van der Waals surface area contributed by atoms with Crippen molar-refractivity contribution in [2.75, 3.05) is 37.8 Å². The summed E-state index contributed by atoms with van der Waals surface area (Å²) in [5.41, 5.74) is 4.61. The van der Waals surface area contributed by atoms with E-state index in [-0.39, 0.29) is 17.7 Å². The van der Waals surface area contributed by atoms with Crippen molar-refractivity contribution in [1.29, 1.82) is 0 Å². The molecule has 1 aliphatic rings. The van der Waals surface area contributed by atoms with Crippen LogP contribution in [0.5, 0.6) is 0 Å². The fourth-order valence-corrected chi connectivity index (χ4v) is 5.37. The van der Waals surface area contributed by atoms with E-state index in [1.54, 1.807) is 0 Å². The van der Waals surface area contributed by atoms with E-state index in [9.17, 15) is 4.79 Å². The number of piperazine rings is 1. The number of rotatable bonds is 7. The smallest absolute Gasteiger partial charge is 0.233 e. The van der Waals surface area contributed by atoms with E-state index in [2.05, 4.69) is 63.6 Å². The average Bonchev–Trinajstić information content (AvgIpc) is 3.29. The van der Waals surface area contributed by atoms with Crippen LogP contribution in [0.4, 0.5) is 0 Å². The number of nitrogen functional groups attached to an aromatic ring is 1. The van der Waals surface area contributed by atoms with Crippen LogP contribution in [0.3, 0.4) is 0 Å². The number of amides is 1. The van der Waals surface area contributed by atoms with Crippen LogP contribution in [-0.4, -0.2) is 62.5 Å². The zero-order valence-corrected chi connectivity index (χ0v) is 21.1. The number of nitrogens with two attached hydrogens (primary N) is 1. The molecule has 8 heteroatoms. The summed E-state index contributed by atoms with van der Waals surface area (Å²) in [6.07, 6.45) is 0. The zero-order valence-electron chi connectivity index (χ0n) is 20.3. The van der Waals surface area contributed by atoms with Gasteiger partial charge >= 0.3 is 0 Å². The average molecular weight is 499 g/mol. The van der Waals surface area contributed by atoms with Gasteiger partial charge in [0.1, 0.15) is 0 Å². The Bertz CT molecular complexity index is 1250. The number of carbonyl (C=O) groups excluding carboxylic acids is 1. The molecule has 1 saturated heterocycles. The first-order valence-corrected chi connectivity index (χ1v) is 13.1. The number of thioether (sulfide) groups is 1. The second kappa shape index (κ2) is 11.0. The number of aromatic nitrogens is 3. The van der Waals surface area contributed by atoms with Crippen molar-refractivity contribution in [3.05, 3.63) is 102 Å². The van der Waals surface area contributed by atoms with Crippen LogP contribution in [0.25, 0.3) is 11.4 Å². The van der Waals surface area contributed by atoms with Gasteiger partial charge in [-0.25, -0.2) is 4.68 Å². The minimum absolute atomic E-state index is 0.0931. The number of benzene rings is 3. The standard InChI is InChI=1S/C28H30N6OS/c1-21-12-14-24(15-13-21)27-30-31-28(34(27)29)36-20-25(35)32-16-18-33(19-17-32)26(22-8-4-2-5-9-22)23-10-6-3-7-11-23/h2-15,26H,16-20,29H2,1H3. The molecular formula is C28H30N6OS. The monoisotopic (exact) mass is 498 g/mol. The van der Waals surface area contributed by atoms with E-state index in [4.69, 9.17) is 5.84 Å². The molecule has 1 amide bonds. The number of carbonyl (C=O) groups is 1. The molecule has 184 valence electrons. The molecule has 2 N–H and O–H groups in total. The lowest BCUT2D eigenvalue weighted by molar-refractivity contribution is -0.130. The fraction of sp³-hybridized carbons (Fsp3) is 0.250. The predicted octanol–water partition coefficient (Wildman–Crippen LogP) is 3.99. The summed E-state index contributed by atoms with van der Waals surface area (Å²) in [5, 5.41) is 8.97. The van der Waals surface area contributed by atoms with Crippen LogP contribution in [0.1, 0.15) is 22.7 Å². The molecule has 0 aliphatic carbocycles. The maximum absolute atomic E-state index is 13.0. The third kappa shape index (κ3) is 5.29. The second-order valence-corrected chi connectivity index (χ2v) is 9.91. The SMILES string of the molecule is Cc1ccc(-c2nnc(SCC(=O)N3CCN(C(c4ccccc4)c4ccccc4)CC3)n2N)cc1. The van der Waals surface area contributed by atoms with Crippen LogP contribution < -0.4 is 5.84 Å². The second-order valence-electron chi connectivity index (χ2n) is 8.97. The molecule has 0 atom stereocenters. The van der Waals surface area contributed by atoms with E-state index in [1.165, 1.54) is 33.1 Å². The van der Waals surface area contributed by atoms with Crippen molar-refractivity contribution < 1.29 is 4.79 Å².